The Hall–Kier alpha value is -1.30. The summed E-state index contributed by atoms with van der Waals surface area (Å²) in [5.74, 6) is 3.27. The molecule has 1 atom stereocenters. The van der Waals surface area contributed by atoms with Gasteiger partial charge in [-0.2, -0.15) is 0 Å². The van der Waals surface area contributed by atoms with Crippen molar-refractivity contribution in [3.8, 4) is 11.5 Å². The smallest absolute Gasteiger partial charge is 0.231 e. The van der Waals surface area contributed by atoms with Crippen LogP contribution in [0.1, 0.15) is 44.1 Å². The molecule has 0 aromatic heterocycles. The van der Waals surface area contributed by atoms with Gasteiger partial charge >= 0.3 is 0 Å². The second-order valence-electron chi connectivity index (χ2n) is 8.67. The number of likely N-dealkylation sites (tertiary alicyclic amines) is 1. The van der Waals surface area contributed by atoms with Crippen molar-refractivity contribution >= 4 is 0 Å². The number of benzene rings is 1. The number of fused-ring (bicyclic) bond motifs is 1. The second-order valence-corrected chi connectivity index (χ2v) is 8.67. The van der Waals surface area contributed by atoms with Gasteiger partial charge in [-0.1, -0.05) is 6.07 Å². The summed E-state index contributed by atoms with van der Waals surface area (Å²) < 4.78 is 23.2. The zero-order chi connectivity index (χ0) is 18.1. The van der Waals surface area contributed by atoms with Gasteiger partial charge in [-0.15, -0.1) is 0 Å². The van der Waals surface area contributed by atoms with Crippen molar-refractivity contribution in [1.29, 1.82) is 0 Å². The van der Waals surface area contributed by atoms with Crippen molar-refractivity contribution < 1.29 is 18.9 Å². The largest absolute Gasteiger partial charge is 0.454 e. The molecule has 1 spiro atoms. The third-order valence-electron chi connectivity index (χ3n) is 6.81. The van der Waals surface area contributed by atoms with Crippen LogP contribution in [0.2, 0.25) is 0 Å². The van der Waals surface area contributed by atoms with Gasteiger partial charge in [0.25, 0.3) is 0 Å². The van der Waals surface area contributed by atoms with E-state index in [9.17, 15) is 0 Å². The van der Waals surface area contributed by atoms with Crippen LogP contribution in [0.25, 0.3) is 0 Å². The van der Waals surface area contributed by atoms with Gasteiger partial charge in [-0.05, 0) is 68.1 Å². The van der Waals surface area contributed by atoms with Crippen molar-refractivity contribution in [1.82, 2.24) is 4.90 Å². The lowest BCUT2D eigenvalue weighted by Gasteiger charge is -2.42. The van der Waals surface area contributed by atoms with Gasteiger partial charge in [0.15, 0.2) is 11.5 Å². The fraction of sp³-hybridized carbons (Fsp3) is 0.727. The maximum Gasteiger partial charge on any atom is 0.231 e. The van der Waals surface area contributed by atoms with E-state index in [1.54, 1.807) is 0 Å². The van der Waals surface area contributed by atoms with Crippen LogP contribution in [-0.2, 0) is 16.0 Å². The molecule has 0 amide bonds. The molecule has 27 heavy (non-hydrogen) atoms. The van der Waals surface area contributed by atoms with Gasteiger partial charge in [-0.3, -0.25) is 4.90 Å². The zero-order valence-corrected chi connectivity index (χ0v) is 16.2. The number of rotatable bonds is 7. The Balaban J connectivity index is 1.12. The molecule has 0 radical (unpaired) electrons. The van der Waals surface area contributed by atoms with Crippen LogP contribution in [0.3, 0.4) is 0 Å². The van der Waals surface area contributed by atoms with Crippen molar-refractivity contribution in [2.75, 3.05) is 39.7 Å². The molecule has 3 aliphatic heterocycles. The van der Waals surface area contributed by atoms with E-state index in [1.165, 1.54) is 24.8 Å². The minimum Gasteiger partial charge on any atom is -0.454 e. The summed E-state index contributed by atoms with van der Waals surface area (Å²) >= 11 is 0. The van der Waals surface area contributed by atoms with Gasteiger partial charge in [-0.25, -0.2) is 0 Å². The predicted molar refractivity (Wildman–Crippen MR) is 102 cm³/mol. The molecule has 0 N–H and O–H groups in total. The Morgan fingerprint density at radius 3 is 2.78 bits per heavy atom. The lowest BCUT2D eigenvalue weighted by molar-refractivity contribution is -0.0731. The number of piperidine rings is 1. The van der Waals surface area contributed by atoms with Crippen LogP contribution >= 0.6 is 0 Å². The van der Waals surface area contributed by atoms with Crippen LogP contribution in [0.15, 0.2) is 18.2 Å². The van der Waals surface area contributed by atoms with E-state index >= 15 is 0 Å². The molecule has 4 aliphatic rings. The van der Waals surface area contributed by atoms with E-state index in [4.69, 9.17) is 18.9 Å². The lowest BCUT2D eigenvalue weighted by Crippen LogP contribution is -2.47. The molecule has 0 unspecified atom stereocenters. The minimum absolute atomic E-state index is 0.105. The first-order chi connectivity index (χ1) is 13.3. The summed E-state index contributed by atoms with van der Waals surface area (Å²) in [5.41, 5.74) is 1.40. The summed E-state index contributed by atoms with van der Waals surface area (Å²) in [6.45, 7) is 6.34. The highest BCUT2D eigenvalue weighted by Crippen LogP contribution is 2.43. The summed E-state index contributed by atoms with van der Waals surface area (Å²) in [4.78, 5) is 2.55. The summed E-state index contributed by atoms with van der Waals surface area (Å²) in [7, 11) is 0. The Morgan fingerprint density at radius 1 is 1.07 bits per heavy atom. The molecule has 5 nitrogen and oxygen atoms in total. The van der Waals surface area contributed by atoms with Gasteiger partial charge in [0, 0.05) is 39.5 Å². The first-order valence-corrected chi connectivity index (χ1v) is 10.6. The van der Waals surface area contributed by atoms with Gasteiger partial charge in [0.05, 0.1) is 5.60 Å². The highest BCUT2D eigenvalue weighted by Gasteiger charge is 2.45. The van der Waals surface area contributed by atoms with Crippen LogP contribution in [0.4, 0.5) is 0 Å². The molecule has 0 bridgehead atoms. The number of hydrogen-bond donors (Lipinski definition) is 0. The van der Waals surface area contributed by atoms with Crippen molar-refractivity contribution in [2.45, 2.75) is 50.7 Å². The Labute approximate surface area is 161 Å². The van der Waals surface area contributed by atoms with E-state index < -0.39 is 0 Å². The quantitative estimate of drug-likeness (QED) is 0.683. The Morgan fingerprint density at radius 2 is 1.93 bits per heavy atom. The van der Waals surface area contributed by atoms with Gasteiger partial charge in [0.2, 0.25) is 6.79 Å². The molecule has 1 aromatic carbocycles. The SMILES string of the molecule is c1cc2c(cc1CN1CCC3(CC1)OCC[C@H]3CCOCC1CC1)OCO2. The normalized spacial score (nSPS) is 26.7. The van der Waals surface area contributed by atoms with E-state index in [0.717, 1.165) is 76.1 Å². The summed E-state index contributed by atoms with van der Waals surface area (Å²) in [6.07, 6.45) is 7.39. The van der Waals surface area contributed by atoms with E-state index in [2.05, 4.69) is 17.0 Å². The third-order valence-corrected chi connectivity index (χ3v) is 6.81. The van der Waals surface area contributed by atoms with Crippen molar-refractivity contribution in [2.24, 2.45) is 11.8 Å². The van der Waals surface area contributed by atoms with Crippen molar-refractivity contribution in [3.63, 3.8) is 0 Å². The van der Waals surface area contributed by atoms with Crippen molar-refractivity contribution in [3.05, 3.63) is 23.8 Å². The van der Waals surface area contributed by atoms with Crippen LogP contribution in [-0.4, -0.2) is 50.2 Å². The zero-order valence-electron chi connectivity index (χ0n) is 16.2. The molecule has 1 aliphatic carbocycles. The number of nitrogens with zero attached hydrogens (tertiary/aromatic N) is 1. The molecule has 2 saturated heterocycles. The molecular formula is C22H31NO4. The average molecular weight is 373 g/mol. The standard InChI is InChI=1S/C22H31NO4/c1-2-17(1)15-24-11-5-19-6-12-27-22(19)7-9-23(10-8-22)14-18-3-4-20-21(13-18)26-16-25-20/h3-4,13,17,19H,1-2,5-12,14-16H2/t19-/m1/s1. The summed E-state index contributed by atoms with van der Waals surface area (Å²) in [5, 5.41) is 0. The molecule has 1 aromatic rings. The number of ether oxygens (including phenoxy) is 4. The van der Waals surface area contributed by atoms with Gasteiger partial charge < -0.3 is 18.9 Å². The van der Waals surface area contributed by atoms with E-state index in [-0.39, 0.29) is 5.60 Å². The fourth-order valence-electron chi connectivity index (χ4n) is 4.89. The minimum atomic E-state index is 0.105. The maximum absolute atomic E-state index is 6.32. The first kappa shape index (κ1) is 17.8. The highest BCUT2D eigenvalue weighted by molar-refractivity contribution is 5.44. The molecule has 1 saturated carbocycles. The Bertz CT molecular complexity index is 652. The highest BCUT2D eigenvalue weighted by atomic mass is 16.7. The number of hydrogen-bond acceptors (Lipinski definition) is 5. The summed E-state index contributed by atoms with van der Waals surface area (Å²) in [6, 6.07) is 6.31. The second kappa shape index (κ2) is 7.61. The Kier molecular flexibility index (Phi) is 5.01. The lowest BCUT2D eigenvalue weighted by atomic mass is 9.78. The molecule has 3 heterocycles. The fourth-order valence-corrected chi connectivity index (χ4v) is 4.89. The maximum atomic E-state index is 6.32. The molecule has 148 valence electrons. The topological polar surface area (TPSA) is 40.2 Å². The van der Waals surface area contributed by atoms with Gasteiger partial charge in [0.1, 0.15) is 0 Å². The van der Waals surface area contributed by atoms with Crippen LogP contribution in [0, 0.1) is 11.8 Å². The first-order valence-electron chi connectivity index (χ1n) is 10.6. The molecule has 3 fully saturated rings. The van der Waals surface area contributed by atoms with E-state index in [1.807, 2.05) is 6.07 Å². The van der Waals surface area contributed by atoms with E-state index in [0.29, 0.717) is 12.7 Å². The van der Waals surface area contributed by atoms with Crippen LogP contribution in [0.5, 0.6) is 11.5 Å². The third kappa shape index (κ3) is 3.96. The van der Waals surface area contributed by atoms with Crippen LogP contribution < -0.4 is 9.47 Å². The average Bonchev–Trinajstić information content (AvgIpc) is 3.26. The predicted octanol–water partition coefficient (Wildman–Crippen LogP) is 3.60. The molecular weight excluding hydrogens is 342 g/mol. The monoisotopic (exact) mass is 373 g/mol. The molecule has 5 rings (SSSR count). The molecule has 5 heteroatoms.